The molecule has 0 aliphatic rings. The number of nitriles is 1. The molecule has 0 fully saturated rings. The zero-order valence-electron chi connectivity index (χ0n) is 15.8. The molecule has 1 aromatic heterocycles. The lowest BCUT2D eigenvalue weighted by Gasteiger charge is -2.14. The van der Waals surface area contributed by atoms with E-state index in [0.717, 1.165) is 22.6 Å². The van der Waals surface area contributed by atoms with Crippen LogP contribution in [0.25, 0.3) is 5.69 Å². The Morgan fingerprint density at radius 2 is 1.96 bits per heavy atom. The standard InChI is InChI=1S/C22H19ClN2O3/c1-14-9-19(22(26)28-13-17-6-4-5-16(10-17)12-24)15(2)25(14)20-11-18(23)7-8-21(20)27-3/h4-11H,13H2,1-3H3. The molecule has 142 valence electrons. The molecule has 3 aromatic rings. The fraction of sp³-hybridized carbons (Fsp3) is 0.182. The first kappa shape index (κ1) is 19.5. The maximum atomic E-state index is 12.7. The van der Waals surface area contributed by atoms with Crippen molar-refractivity contribution in [2.45, 2.75) is 20.5 Å². The first-order valence-corrected chi connectivity index (χ1v) is 9.01. The van der Waals surface area contributed by atoms with Gasteiger partial charge in [0.25, 0.3) is 0 Å². The van der Waals surface area contributed by atoms with Crippen molar-refractivity contribution in [2.24, 2.45) is 0 Å². The summed E-state index contributed by atoms with van der Waals surface area (Å²) < 4.78 is 12.8. The minimum absolute atomic E-state index is 0.0957. The van der Waals surface area contributed by atoms with E-state index < -0.39 is 5.97 Å². The van der Waals surface area contributed by atoms with Gasteiger partial charge >= 0.3 is 5.97 Å². The summed E-state index contributed by atoms with van der Waals surface area (Å²) in [4.78, 5) is 12.7. The van der Waals surface area contributed by atoms with Crippen molar-refractivity contribution in [3.63, 3.8) is 0 Å². The molecule has 28 heavy (non-hydrogen) atoms. The van der Waals surface area contributed by atoms with Gasteiger partial charge in [0.05, 0.1) is 30.0 Å². The van der Waals surface area contributed by atoms with Crippen molar-refractivity contribution in [2.75, 3.05) is 7.11 Å². The normalized spacial score (nSPS) is 10.4. The molecule has 0 radical (unpaired) electrons. The molecule has 0 unspecified atom stereocenters. The van der Waals surface area contributed by atoms with Crippen LogP contribution in [0.4, 0.5) is 0 Å². The third-order valence-corrected chi connectivity index (χ3v) is 4.69. The highest BCUT2D eigenvalue weighted by Crippen LogP contribution is 2.31. The summed E-state index contributed by atoms with van der Waals surface area (Å²) >= 11 is 6.16. The Labute approximate surface area is 168 Å². The number of aryl methyl sites for hydroxylation is 1. The van der Waals surface area contributed by atoms with Crippen LogP contribution >= 0.6 is 11.6 Å². The molecule has 1 heterocycles. The average molecular weight is 395 g/mol. The van der Waals surface area contributed by atoms with E-state index in [0.29, 0.717) is 21.9 Å². The minimum atomic E-state index is -0.428. The lowest BCUT2D eigenvalue weighted by atomic mass is 10.1. The molecule has 0 aliphatic heterocycles. The van der Waals surface area contributed by atoms with Gasteiger partial charge in [-0.3, -0.25) is 0 Å². The monoisotopic (exact) mass is 394 g/mol. The number of methoxy groups -OCH3 is 1. The zero-order chi connectivity index (χ0) is 20.3. The van der Waals surface area contributed by atoms with Gasteiger partial charge < -0.3 is 14.0 Å². The molecule has 0 amide bonds. The molecule has 2 aromatic carbocycles. The fourth-order valence-corrected chi connectivity index (χ4v) is 3.30. The van der Waals surface area contributed by atoms with Crippen LogP contribution in [0.15, 0.2) is 48.5 Å². The van der Waals surface area contributed by atoms with Gasteiger partial charge in [0.15, 0.2) is 0 Å². The number of hydrogen-bond donors (Lipinski definition) is 0. The lowest BCUT2D eigenvalue weighted by Crippen LogP contribution is -2.08. The van der Waals surface area contributed by atoms with Gasteiger partial charge in [-0.2, -0.15) is 5.26 Å². The van der Waals surface area contributed by atoms with Crippen molar-refractivity contribution in [1.82, 2.24) is 4.57 Å². The van der Waals surface area contributed by atoms with Crippen LogP contribution in [0.1, 0.15) is 32.9 Å². The van der Waals surface area contributed by atoms with Crippen LogP contribution < -0.4 is 4.74 Å². The number of esters is 1. The topological polar surface area (TPSA) is 64.2 Å². The van der Waals surface area contributed by atoms with Gasteiger partial charge in [-0.1, -0.05) is 23.7 Å². The first-order chi connectivity index (χ1) is 13.4. The molecule has 0 saturated heterocycles. The molecular weight excluding hydrogens is 376 g/mol. The van der Waals surface area contributed by atoms with E-state index in [1.165, 1.54) is 0 Å². The van der Waals surface area contributed by atoms with E-state index >= 15 is 0 Å². The molecule has 0 aliphatic carbocycles. The molecule has 0 atom stereocenters. The Morgan fingerprint density at radius 3 is 2.68 bits per heavy atom. The van der Waals surface area contributed by atoms with Gasteiger partial charge in [-0.05, 0) is 55.8 Å². The molecular formula is C22H19ClN2O3. The number of carbonyl (C=O) groups excluding carboxylic acids is 1. The van der Waals surface area contributed by atoms with Crippen LogP contribution in [0.2, 0.25) is 5.02 Å². The van der Waals surface area contributed by atoms with Crippen LogP contribution in [-0.4, -0.2) is 17.6 Å². The van der Waals surface area contributed by atoms with Crippen LogP contribution in [0.3, 0.4) is 0 Å². The highest BCUT2D eigenvalue weighted by Gasteiger charge is 2.20. The predicted molar refractivity (Wildman–Crippen MR) is 107 cm³/mol. The Kier molecular flexibility index (Phi) is 5.72. The predicted octanol–water partition coefficient (Wildman–Crippen LogP) is 4.98. The molecule has 0 spiro atoms. The van der Waals surface area contributed by atoms with E-state index in [2.05, 4.69) is 6.07 Å². The smallest absolute Gasteiger partial charge is 0.340 e. The van der Waals surface area contributed by atoms with Gasteiger partial charge in [-0.25, -0.2) is 4.79 Å². The molecule has 0 N–H and O–H groups in total. The van der Waals surface area contributed by atoms with E-state index in [4.69, 9.17) is 26.3 Å². The summed E-state index contributed by atoms with van der Waals surface area (Å²) in [5.41, 5.74) is 4.10. The van der Waals surface area contributed by atoms with Crippen molar-refractivity contribution < 1.29 is 14.3 Å². The van der Waals surface area contributed by atoms with Crippen LogP contribution in [0, 0.1) is 25.2 Å². The highest BCUT2D eigenvalue weighted by atomic mass is 35.5. The Hall–Kier alpha value is -3.23. The number of halogens is 1. The maximum Gasteiger partial charge on any atom is 0.340 e. The van der Waals surface area contributed by atoms with Crippen molar-refractivity contribution in [3.05, 3.63) is 81.6 Å². The summed E-state index contributed by atoms with van der Waals surface area (Å²) in [5, 5.41) is 9.55. The van der Waals surface area contributed by atoms with Gasteiger partial charge in [0.1, 0.15) is 12.4 Å². The summed E-state index contributed by atoms with van der Waals surface area (Å²) in [6.45, 7) is 3.85. The molecule has 3 rings (SSSR count). The fourth-order valence-electron chi connectivity index (χ4n) is 3.14. The number of carbonyl (C=O) groups is 1. The third kappa shape index (κ3) is 3.88. The molecule has 6 heteroatoms. The summed E-state index contributed by atoms with van der Waals surface area (Å²) in [6, 6.07) is 16.2. The average Bonchev–Trinajstić information content (AvgIpc) is 3.00. The summed E-state index contributed by atoms with van der Waals surface area (Å²) in [7, 11) is 1.59. The molecule has 0 saturated carbocycles. The third-order valence-electron chi connectivity index (χ3n) is 4.46. The first-order valence-electron chi connectivity index (χ1n) is 8.63. The maximum absolute atomic E-state index is 12.7. The Morgan fingerprint density at radius 1 is 1.18 bits per heavy atom. The van der Waals surface area contributed by atoms with E-state index in [1.54, 1.807) is 49.6 Å². The largest absolute Gasteiger partial charge is 0.495 e. The number of rotatable bonds is 5. The van der Waals surface area contributed by atoms with E-state index in [-0.39, 0.29) is 6.61 Å². The second-order valence-corrected chi connectivity index (χ2v) is 6.76. The van der Waals surface area contributed by atoms with Gasteiger partial charge in [-0.15, -0.1) is 0 Å². The quantitative estimate of drug-likeness (QED) is 0.572. The minimum Gasteiger partial charge on any atom is -0.495 e. The van der Waals surface area contributed by atoms with Crippen molar-refractivity contribution in [1.29, 1.82) is 5.26 Å². The number of benzene rings is 2. The second kappa shape index (κ2) is 8.20. The Bertz CT molecular complexity index is 1080. The van der Waals surface area contributed by atoms with Crippen molar-refractivity contribution >= 4 is 17.6 Å². The van der Waals surface area contributed by atoms with Crippen LogP contribution in [0.5, 0.6) is 5.75 Å². The van der Waals surface area contributed by atoms with Gasteiger partial charge in [0, 0.05) is 16.4 Å². The SMILES string of the molecule is COc1ccc(Cl)cc1-n1c(C)cc(C(=O)OCc2cccc(C#N)c2)c1C. The van der Waals surface area contributed by atoms with E-state index in [1.807, 2.05) is 24.5 Å². The van der Waals surface area contributed by atoms with Crippen molar-refractivity contribution in [3.8, 4) is 17.5 Å². The number of hydrogen-bond acceptors (Lipinski definition) is 4. The zero-order valence-corrected chi connectivity index (χ0v) is 16.6. The highest BCUT2D eigenvalue weighted by molar-refractivity contribution is 6.30. The molecule has 5 nitrogen and oxygen atoms in total. The second-order valence-electron chi connectivity index (χ2n) is 6.32. The summed E-state index contributed by atoms with van der Waals surface area (Å²) in [6.07, 6.45) is 0. The van der Waals surface area contributed by atoms with Crippen LogP contribution in [-0.2, 0) is 11.3 Å². The summed E-state index contributed by atoms with van der Waals surface area (Å²) in [5.74, 6) is 0.224. The Balaban J connectivity index is 1.88. The molecule has 0 bridgehead atoms. The number of aromatic nitrogens is 1. The lowest BCUT2D eigenvalue weighted by molar-refractivity contribution is 0.0472. The van der Waals surface area contributed by atoms with E-state index in [9.17, 15) is 4.79 Å². The number of ether oxygens (including phenoxy) is 2. The van der Waals surface area contributed by atoms with Gasteiger partial charge in [0.2, 0.25) is 0 Å². The number of nitrogens with zero attached hydrogens (tertiary/aromatic N) is 2.